The fourth-order valence-corrected chi connectivity index (χ4v) is 1.59. The zero-order valence-electron chi connectivity index (χ0n) is 10.1. The van der Waals surface area contributed by atoms with Gasteiger partial charge in [-0.3, -0.25) is 0 Å². The number of hydrogen-bond donors (Lipinski definition) is 0. The molecule has 0 aromatic heterocycles. The van der Waals surface area contributed by atoms with Crippen molar-refractivity contribution in [1.29, 1.82) is 0 Å². The Balaban J connectivity index is 2.32. The van der Waals surface area contributed by atoms with Crippen molar-refractivity contribution in [3.63, 3.8) is 0 Å². The summed E-state index contributed by atoms with van der Waals surface area (Å²) < 4.78 is 5.27. The summed E-state index contributed by atoms with van der Waals surface area (Å²) in [6.45, 7) is 8.20. The van der Waals surface area contributed by atoms with Gasteiger partial charge in [0.1, 0.15) is 5.60 Å². The van der Waals surface area contributed by atoms with Crippen molar-refractivity contribution in [1.82, 2.24) is 10.2 Å². The summed E-state index contributed by atoms with van der Waals surface area (Å²) in [5, 5.41) is 4.27. The molecule has 1 heterocycles. The summed E-state index contributed by atoms with van der Waals surface area (Å²) in [5.41, 5.74) is -0.411. The van der Waals surface area contributed by atoms with Crippen molar-refractivity contribution in [2.24, 2.45) is 5.92 Å². The summed E-state index contributed by atoms with van der Waals surface area (Å²) in [6, 6.07) is 0. The number of ether oxygens (including phenoxy) is 1. The van der Waals surface area contributed by atoms with Crippen LogP contribution in [0.15, 0.2) is 0 Å². The largest absolute Gasteiger partial charge is 0.444 e. The molecule has 1 unspecified atom stereocenters. The molecule has 0 bridgehead atoms. The molecule has 0 spiro atoms. The maximum atomic E-state index is 11.6. The molecule has 0 N–H and O–H groups in total. The highest BCUT2D eigenvalue weighted by atomic mass is 16.6. The van der Waals surface area contributed by atoms with E-state index in [-0.39, 0.29) is 6.09 Å². The Labute approximate surface area is 92.0 Å². The lowest BCUT2D eigenvalue weighted by atomic mass is 10.1. The number of rotatable bonds is 2. The molecule has 0 aromatic carbocycles. The smallest absolute Gasteiger partial charge is 0.410 e. The van der Waals surface area contributed by atoms with Gasteiger partial charge < -0.3 is 9.64 Å². The van der Waals surface area contributed by atoms with Gasteiger partial charge in [-0.1, -0.05) is 0 Å². The van der Waals surface area contributed by atoms with Gasteiger partial charge in [-0.05, 0) is 33.1 Å². The van der Waals surface area contributed by atoms with E-state index in [1.165, 1.54) is 0 Å². The third-order valence-electron chi connectivity index (χ3n) is 2.32. The van der Waals surface area contributed by atoms with Crippen molar-refractivity contribution in [2.45, 2.75) is 32.8 Å². The van der Waals surface area contributed by atoms with Crippen molar-refractivity contribution < 1.29 is 9.53 Å². The maximum Gasteiger partial charge on any atom is 0.410 e. The third-order valence-corrected chi connectivity index (χ3v) is 2.32. The monoisotopic (exact) mass is 213 g/mol. The molecule has 4 heteroatoms. The normalized spacial score (nSPS) is 21.5. The molecule has 1 aliphatic rings. The van der Waals surface area contributed by atoms with Crippen LogP contribution in [0.5, 0.6) is 0 Å². The fraction of sp³-hybridized carbons (Fsp3) is 0.909. The summed E-state index contributed by atoms with van der Waals surface area (Å²) in [5.74, 6) is 0.516. The quantitative estimate of drug-likeness (QED) is 0.697. The van der Waals surface area contributed by atoms with Gasteiger partial charge >= 0.3 is 6.09 Å². The molecular formula is C11H21N2O2. The minimum Gasteiger partial charge on any atom is -0.444 e. The van der Waals surface area contributed by atoms with Crippen LogP contribution in [-0.4, -0.2) is 43.3 Å². The Kier molecular flexibility index (Phi) is 3.97. The standard InChI is InChI=1S/C11H21N2O2/c1-11(2,3)15-10(14)13(4)8-9-5-6-12-7-9/h9H,5-8H2,1-4H3. The van der Waals surface area contributed by atoms with E-state index in [4.69, 9.17) is 4.74 Å². The third kappa shape index (κ3) is 4.51. The van der Waals surface area contributed by atoms with Crippen molar-refractivity contribution >= 4 is 6.09 Å². The van der Waals surface area contributed by atoms with E-state index in [0.29, 0.717) is 5.92 Å². The first kappa shape index (κ1) is 12.3. The lowest BCUT2D eigenvalue weighted by Gasteiger charge is -2.26. The number of amides is 1. The summed E-state index contributed by atoms with van der Waals surface area (Å²) in [6.07, 6.45) is 0.849. The van der Waals surface area contributed by atoms with Crippen LogP contribution in [0.4, 0.5) is 4.79 Å². The van der Waals surface area contributed by atoms with Gasteiger partial charge in [-0.2, -0.15) is 0 Å². The Morgan fingerprint density at radius 2 is 2.20 bits per heavy atom. The van der Waals surface area contributed by atoms with Crippen LogP contribution in [0.3, 0.4) is 0 Å². The minimum absolute atomic E-state index is 0.241. The lowest BCUT2D eigenvalue weighted by molar-refractivity contribution is 0.0277. The molecule has 1 radical (unpaired) electrons. The van der Waals surface area contributed by atoms with Crippen molar-refractivity contribution in [2.75, 3.05) is 26.7 Å². The molecule has 0 aliphatic carbocycles. The average Bonchev–Trinajstić information content (AvgIpc) is 2.53. The maximum absolute atomic E-state index is 11.6. The van der Waals surface area contributed by atoms with E-state index in [1.807, 2.05) is 20.8 Å². The molecule has 4 nitrogen and oxygen atoms in total. The second-order valence-electron chi connectivity index (χ2n) is 5.15. The average molecular weight is 213 g/mol. The molecule has 1 fully saturated rings. The van der Waals surface area contributed by atoms with Gasteiger partial charge in [-0.25, -0.2) is 10.1 Å². The number of hydrogen-bond acceptors (Lipinski definition) is 2. The van der Waals surface area contributed by atoms with Crippen LogP contribution < -0.4 is 5.32 Å². The van der Waals surface area contributed by atoms with Gasteiger partial charge in [0.15, 0.2) is 0 Å². The van der Waals surface area contributed by atoms with E-state index >= 15 is 0 Å². The van der Waals surface area contributed by atoms with Crippen LogP contribution in [0, 0.1) is 5.92 Å². The number of carbonyl (C=O) groups is 1. The van der Waals surface area contributed by atoms with Gasteiger partial charge in [0.05, 0.1) is 0 Å². The first-order valence-corrected chi connectivity index (χ1v) is 5.46. The lowest BCUT2D eigenvalue weighted by Crippen LogP contribution is -2.37. The van der Waals surface area contributed by atoms with Gasteiger partial charge in [0.2, 0.25) is 0 Å². The molecular weight excluding hydrogens is 192 g/mol. The molecule has 0 saturated carbocycles. The Morgan fingerprint density at radius 1 is 1.53 bits per heavy atom. The zero-order chi connectivity index (χ0) is 11.5. The van der Waals surface area contributed by atoms with E-state index in [9.17, 15) is 4.79 Å². The summed E-state index contributed by atoms with van der Waals surface area (Å²) >= 11 is 0. The molecule has 0 aromatic rings. The van der Waals surface area contributed by atoms with E-state index < -0.39 is 5.60 Å². The molecule has 87 valence electrons. The minimum atomic E-state index is -0.411. The van der Waals surface area contributed by atoms with Gasteiger partial charge in [-0.15, -0.1) is 0 Å². The van der Waals surface area contributed by atoms with E-state index in [0.717, 1.165) is 26.1 Å². The second-order valence-corrected chi connectivity index (χ2v) is 5.15. The molecule has 1 aliphatic heterocycles. The van der Waals surface area contributed by atoms with Gasteiger partial charge in [0.25, 0.3) is 0 Å². The Bertz CT molecular complexity index is 217. The highest BCUT2D eigenvalue weighted by molar-refractivity contribution is 5.67. The summed E-state index contributed by atoms with van der Waals surface area (Å²) in [7, 11) is 1.78. The molecule has 1 atom stereocenters. The van der Waals surface area contributed by atoms with Crippen LogP contribution >= 0.6 is 0 Å². The highest BCUT2D eigenvalue weighted by Crippen LogP contribution is 2.13. The fourth-order valence-electron chi connectivity index (χ4n) is 1.59. The zero-order valence-corrected chi connectivity index (χ0v) is 10.1. The van der Waals surface area contributed by atoms with Crippen molar-refractivity contribution in [3.05, 3.63) is 0 Å². The van der Waals surface area contributed by atoms with E-state index in [2.05, 4.69) is 5.32 Å². The molecule has 1 saturated heterocycles. The first-order chi connectivity index (χ1) is 6.88. The number of nitrogens with zero attached hydrogens (tertiary/aromatic N) is 2. The SMILES string of the molecule is CN(CC1CC[N]C1)C(=O)OC(C)(C)C. The topological polar surface area (TPSA) is 43.6 Å². The van der Waals surface area contributed by atoms with Crippen LogP contribution in [0.25, 0.3) is 0 Å². The first-order valence-electron chi connectivity index (χ1n) is 5.46. The van der Waals surface area contributed by atoms with Crippen LogP contribution in [0.2, 0.25) is 0 Å². The predicted molar refractivity (Wildman–Crippen MR) is 58.8 cm³/mol. The second kappa shape index (κ2) is 4.84. The van der Waals surface area contributed by atoms with Crippen LogP contribution in [-0.2, 0) is 4.74 Å². The molecule has 1 rings (SSSR count). The van der Waals surface area contributed by atoms with Crippen LogP contribution in [0.1, 0.15) is 27.2 Å². The summed E-state index contributed by atoms with van der Waals surface area (Å²) in [4.78, 5) is 13.3. The molecule has 1 amide bonds. The number of carbonyl (C=O) groups excluding carboxylic acids is 1. The van der Waals surface area contributed by atoms with Gasteiger partial charge in [0, 0.05) is 26.7 Å². The molecule has 15 heavy (non-hydrogen) atoms. The highest BCUT2D eigenvalue weighted by Gasteiger charge is 2.23. The predicted octanol–water partition coefficient (Wildman–Crippen LogP) is 1.48. The van der Waals surface area contributed by atoms with E-state index in [1.54, 1.807) is 11.9 Å². The Hall–Kier alpha value is -0.770. The van der Waals surface area contributed by atoms with Crippen molar-refractivity contribution in [3.8, 4) is 0 Å². The Morgan fingerprint density at radius 3 is 2.67 bits per heavy atom.